The number of pyridine rings is 3. The number of hydrogen-bond acceptors (Lipinski definition) is 3. The summed E-state index contributed by atoms with van der Waals surface area (Å²) in [4.78, 5) is 13.9. The number of hydrogen-bond donors (Lipinski definition) is 0. The van der Waals surface area contributed by atoms with Crippen LogP contribution >= 0.6 is 15.9 Å². The molecule has 4 nitrogen and oxygen atoms in total. The van der Waals surface area contributed by atoms with E-state index in [1.807, 2.05) is 61.1 Å². The number of halogens is 1. The van der Waals surface area contributed by atoms with Crippen molar-refractivity contribution in [3.05, 3.63) is 108 Å². The maximum atomic E-state index is 4.69. The van der Waals surface area contributed by atoms with Crippen LogP contribution in [0.25, 0.3) is 50.1 Å². The Morgan fingerprint density at radius 1 is 0.594 bits per heavy atom. The standard InChI is InChI=1S/C27H17BrN4/c28-20-9-10-25-22(17-20)27-26(8-5-13-31-27)32(25)21-15-18(23-6-1-3-11-29-23)14-19(16-21)24-7-2-4-12-30-24/h1-17H. The zero-order chi connectivity index (χ0) is 21.5. The summed E-state index contributed by atoms with van der Waals surface area (Å²) in [7, 11) is 0. The van der Waals surface area contributed by atoms with E-state index < -0.39 is 0 Å². The second kappa shape index (κ2) is 7.70. The maximum absolute atomic E-state index is 4.69. The Bertz CT molecular complexity index is 1520. The minimum atomic E-state index is 0.924. The van der Waals surface area contributed by atoms with E-state index in [0.717, 1.165) is 54.6 Å². The molecule has 0 saturated heterocycles. The van der Waals surface area contributed by atoms with E-state index in [0.29, 0.717) is 0 Å². The number of rotatable bonds is 3. The molecule has 0 atom stereocenters. The Morgan fingerprint density at radius 2 is 1.28 bits per heavy atom. The Balaban J connectivity index is 1.70. The fourth-order valence-electron chi connectivity index (χ4n) is 4.19. The zero-order valence-electron chi connectivity index (χ0n) is 17.0. The summed E-state index contributed by atoms with van der Waals surface area (Å²) in [5.41, 5.74) is 8.12. The molecule has 0 spiro atoms. The first-order valence-electron chi connectivity index (χ1n) is 10.3. The van der Waals surface area contributed by atoms with Crippen molar-refractivity contribution >= 4 is 37.9 Å². The van der Waals surface area contributed by atoms with Crippen LogP contribution in [0.15, 0.2) is 108 Å². The average molecular weight is 477 g/mol. The van der Waals surface area contributed by atoms with Crippen molar-refractivity contribution in [3.8, 4) is 28.2 Å². The van der Waals surface area contributed by atoms with Gasteiger partial charge in [-0.05, 0) is 72.8 Å². The molecular weight excluding hydrogens is 460 g/mol. The quantitative estimate of drug-likeness (QED) is 0.274. The summed E-state index contributed by atoms with van der Waals surface area (Å²) in [6, 6.07) is 28.9. The average Bonchev–Trinajstić information content (AvgIpc) is 3.18. The molecule has 0 radical (unpaired) electrons. The van der Waals surface area contributed by atoms with Gasteiger partial charge in [-0.25, -0.2) is 0 Å². The van der Waals surface area contributed by atoms with Gasteiger partial charge < -0.3 is 4.57 Å². The van der Waals surface area contributed by atoms with Crippen LogP contribution in [0.1, 0.15) is 0 Å². The molecule has 0 amide bonds. The second-order valence-electron chi connectivity index (χ2n) is 7.57. The minimum absolute atomic E-state index is 0.924. The van der Waals surface area contributed by atoms with Gasteiger partial charge in [0.05, 0.1) is 27.9 Å². The Hall–Kier alpha value is -3.83. The van der Waals surface area contributed by atoms with Crippen LogP contribution in [0, 0.1) is 0 Å². The van der Waals surface area contributed by atoms with E-state index in [4.69, 9.17) is 4.98 Å². The first kappa shape index (κ1) is 18.9. The first-order chi connectivity index (χ1) is 15.8. The van der Waals surface area contributed by atoms with E-state index in [9.17, 15) is 0 Å². The molecule has 0 aliphatic heterocycles. The summed E-state index contributed by atoms with van der Waals surface area (Å²) in [6.45, 7) is 0. The number of benzene rings is 2. The van der Waals surface area contributed by atoms with Gasteiger partial charge in [0, 0.05) is 45.3 Å². The third-order valence-electron chi connectivity index (χ3n) is 5.58. The van der Waals surface area contributed by atoms with Gasteiger partial charge in [-0.15, -0.1) is 0 Å². The molecule has 6 aromatic rings. The van der Waals surface area contributed by atoms with E-state index in [-0.39, 0.29) is 0 Å². The fourth-order valence-corrected chi connectivity index (χ4v) is 4.55. The summed E-state index contributed by atoms with van der Waals surface area (Å²) in [5, 5.41) is 1.11. The Labute approximate surface area is 193 Å². The molecule has 4 heterocycles. The Kier molecular flexibility index (Phi) is 4.55. The molecule has 152 valence electrons. The van der Waals surface area contributed by atoms with Crippen molar-refractivity contribution in [2.45, 2.75) is 0 Å². The lowest BCUT2D eigenvalue weighted by atomic mass is 10.0. The van der Waals surface area contributed by atoms with Crippen LogP contribution in [-0.2, 0) is 0 Å². The third kappa shape index (κ3) is 3.18. The highest BCUT2D eigenvalue weighted by Crippen LogP contribution is 2.35. The lowest BCUT2D eigenvalue weighted by Crippen LogP contribution is -1.97. The molecule has 6 rings (SSSR count). The topological polar surface area (TPSA) is 43.6 Å². The number of aromatic nitrogens is 4. The van der Waals surface area contributed by atoms with E-state index in [2.05, 4.69) is 72.9 Å². The van der Waals surface area contributed by atoms with Crippen LogP contribution in [0.4, 0.5) is 0 Å². The van der Waals surface area contributed by atoms with Gasteiger partial charge in [-0.3, -0.25) is 15.0 Å². The molecule has 0 fully saturated rings. The van der Waals surface area contributed by atoms with Crippen LogP contribution in [0.3, 0.4) is 0 Å². The molecule has 0 aliphatic carbocycles. The summed E-state index contributed by atoms with van der Waals surface area (Å²) in [5.74, 6) is 0. The summed E-state index contributed by atoms with van der Waals surface area (Å²) in [6.07, 6.45) is 5.49. The van der Waals surface area contributed by atoms with Crippen molar-refractivity contribution in [3.63, 3.8) is 0 Å². The molecule has 2 aromatic carbocycles. The fraction of sp³-hybridized carbons (Fsp3) is 0. The number of fused-ring (bicyclic) bond motifs is 3. The monoisotopic (exact) mass is 476 g/mol. The predicted octanol–water partition coefficient (Wildman–Crippen LogP) is 7.07. The second-order valence-corrected chi connectivity index (χ2v) is 8.48. The lowest BCUT2D eigenvalue weighted by molar-refractivity contribution is 1.17. The van der Waals surface area contributed by atoms with E-state index in [1.54, 1.807) is 0 Å². The van der Waals surface area contributed by atoms with Gasteiger partial charge in [0.15, 0.2) is 0 Å². The molecular formula is C27H17BrN4. The van der Waals surface area contributed by atoms with Crippen LogP contribution in [0.5, 0.6) is 0 Å². The third-order valence-corrected chi connectivity index (χ3v) is 6.07. The van der Waals surface area contributed by atoms with E-state index in [1.165, 1.54) is 0 Å². The smallest absolute Gasteiger partial charge is 0.0963 e. The molecule has 0 unspecified atom stereocenters. The summed E-state index contributed by atoms with van der Waals surface area (Å²) < 4.78 is 3.30. The molecule has 0 N–H and O–H groups in total. The normalized spacial score (nSPS) is 11.3. The van der Waals surface area contributed by atoms with Gasteiger partial charge in [-0.2, -0.15) is 0 Å². The van der Waals surface area contributed by atoms with Gasteiger partial charge in [0.2, 0.25) is 0 Å². The molecule has 0 aliphatic rings. The van der Waals surface area contributed by atoms with Gasteiger partial charge in [0.25, 0.3) is 0 Å². The largest absolute Gasteiger partial charge is 0.308 e. The molecule has 32 heavy (non-hydrogen) atoms. The van der Waals surface area contributed by atoms with Crippen molar-refractivity contribution in [1.82, 2.24) is 19.5 Å². The van der Waals surface area contributed by atoms with E-state index >= 15 is 0 Å². The highest BCUT2D eigenvalue weighted by atomic mass is 79.9. The number of nitrogens with zero attached hydrogens (tertiary/aromatic N) is 4. The van der Waals surface area contributed by atoms with Gasteiger partial charge >= 0.3 is 0 Å². The van der Waals surface area contributed by atoms with Crippen molar-refractivity contribution < 1.29 is 0 Å². The lowest BCUT2D eigenvalue weighted by Gasteiger charge is -2.13. The highest BCUT2D eigenvalue weighted by molar-refractivity contribution is 9.10. The van der Waals surface area contributed by atoms with Crippen molar-refractivity contribution in [2.75, 3.05) is 0 Å². The maximum Gasteiger partial charge on any atom is 0.0963 e. The molecule has 0 saturated carbocycles. The first-order valence-corrected chi connectivity index (χ1v) is 11.1. The van der Waals surface area contributed by atoms with Crippen molar-refractivity contribution in [1.29, 1.82) is 0 Å². The Morgan fingerprint density at radius 3 is 1.94 bits per heavy atom. The van der Waals surface area contributed by atoms with Crippen molar-refractivity contribution in [2.24, 2.45) is 0 Å². The molecule has 4 aromatic heterocycles. The SMILES string of the molecule is Brc1ccc2c(c1)c1ncccc1n2-c1cc(-c2ccccn2)cc(-c2ccccn2)c1. The predicted molar refractivity (Wildman–Crippen MR) is 133 cm³/mol. The van der Waals surface area contributed by atoms with Crippen LogP contribution < -0.4 is 0 Å². The highest BCUT2D eigenvalue weighted by Gasteiger charge is 2.15. The van der Waals surface area contributed by atoms with Gasteiger partial charge in [-0.1, -0.05) is 28.1 Å². The molecule has 0 bridgehead atoms. The molecule has 5 heteroatoms. The summed E-state index contributed by atoms with van der Waals surface area (Å²) >= 11 is 3.61. The minimum Gasteiger partial charge on any atom is -0.308 e. The van der Waals surface area contributed by atoms with Gasteiger partial charge in [0.1, 0.15) is 0 Å². The van der Waals surface area contributed by atoms with Crippen LogP contribution in [0.2, 0.25) is 0 Å². The zero-order valence-corrected chi connectivity index (χ0v) is 18.6. The van der Waals surface area contributed by atoms with Crippen LogP contribution in [-0.4, -0.2) is 19.5 Å².